The van der Waals surface area contributed by atoms with Gasteiger partial charge < -0.3 is 10.1 Å². The van der Waals surface area contributed by atoms with Crippen molar-refractivity contribution in [2.75, 3.05) is 19.7 Å². The number of ketones is 1. The van der Waals surface area contributed by atoms with E-state index in [9.17, 15) is 9.59 Å². The first-order valence-electron chi connectivity index (χ1n) is 11.6. The molecule has 0 spiro atoms. The Bertz CT molecular complexity index is 1120. The van der Waals surface area contributed by atoms with Crippen LogP contribution in [-0.2, 0) is 11.3 Å². The molecule has 34 heavy (non-hydrogen) atoms. The van der Waals surface area contributed by atoms with Crippen LogP contribution >= 0.6 is 11.6 Å². The van der Waals surface area contributed by atoms with Crippen molar-refractivity contribution in [3.63, 3.8) is 0 Å². The van der Waals surface area contributed by atoms with E-state index in [1.165, 1.54) is 5.56 Å². The third-order valence-electron chi connectivity index (χ3n) is 6.10. The fourth-order valence-electron chi connectivity index (χ4n) is 4.18. The monoisotopic (exact) mass is 476 g/mol. The summed E-state index contributed by atoms with van der Waals surface area (Å²) >= 11 is 6.12. The molecule has 0 aliphatic carbocycles. The van der Waals surface area contributed by atoms with Crippen LogP contribution in [0.25, 0.3) is 0 Å². The summed E-state index contributed by atoms with van der Waals surface area (Å²) in [7, 11) is 0. The molecule has 4 rings (SSSR count). The summed E-state index contributed by atoms with van der Waals surface area (Å²) in [5, 5.41) is 3.87. The fourth-order valence-corrected chi connectivity index (χ4v) is 4.29. The first-order valence-corrected chi connectivity index (χ1v) is 11.9. The minimum Gasteiger partial charge on any atom is -0.484 e. The second-order valence-corrected chi connectivity index (χ2v) is 9.12. The highest BCUT2D eigenvalue weighted by molar-refractivity contribution is 6.31. The molecular weight excluding hydrogens is 448 g/mol. The quantitative estimate of drug-likeness (QED) is 0.463. The predicted octanol–water partition coefficient (Wildman–Crippen LogP) is 5.04. The van der Waals surface area contributed by atoms with E-state index in [0.717, 1.165) is 43.1 Å². The Kier molecular flexibility index (Phi) is 7.99. The zero-order valence-electron chi connectivity index (χ0n) is 19.3. The minimum absolute atomic E-state index is 0.0394. The van der Waals surface area contributed by atoms with Crippen molar-refractivity contribution in [1.29, 1.82) is 0 Å². The lowest BCUT2D eigenvalue weighted by molar-refractivity contribution is -0.124. The molecule has 176 valence electrons. The molecule has 3 aromatic carbocycles. The van der Waals surface area contributed by atoms with Gasteiger partial charge in [-0.25, -0.2) is 0 Å². The van der Waals surface area contributed by atoms with Gasteiger partial charge in [0.15, 0.2) is 12.4 Å². The highest BCUT2D eigenvalue weighted by atomic mass is 35.5. The molecular formula is C28H29ClN2O3. The van der Waals surface area contributed by atoms with E-state index in [1.807, 2.05) is 31.2 Å². The van der Waals surface area contributed by atoms with Crippen molar-refractivity contribution in [1.82, 2.24) is 10.2 Å². The number of carbonyl (C=O) groups is 2. The molecule has 6 heteroatoms. The van der Waals surface area contributed by atoms with Crippen LogP contribution < -0.4 is 10.1 Å². The molecule has 1 saturated heterocycles. The van der Waals surface area contributed by atoms with Crippen molar-refractivity contribution in [3.8, 4) is 5.75 Å². The third-order valence-corrected chi connectivity index (χ3v) is 6.53. The number of nitrogens with one attached hydrogen (secondary N) is 1. The van der Waals surface area contributed by atoms with Gasteiger partial charge in [0.25, 0.3) is 5.91 Å². The number of hydrogen-bond donors (Lipinski definition) is 1. The zero-order chi connectivity index (χ0) is 23.9. The lowest BCUT2D eigenvalue weighted by Gasteiger charge is -2.32. The molecule has 3 aromatic rings. The summed E-state index contributed by atoms with van der Waals surface area (Å²) in [6.45, 7) is 4.74. The molecule has 0 radical (unpaired) electrons. The molecule has 0 saturated carbocycles. The topological polar surface area (TPSA) is 58.6 Å². The standard InChI is InChI=1S/C28H29ClN2O3/c1-20-17-21(7-12-26(20)29)18-31-15-13-24(14-16-31)30-27(32)19-34-25-10-8-23(9-11-25)28(33)22-5-3-2-4-6-22/h2-12,17,24H,13-16,18-19H2,1H3,(H,30,32). The van der Waals surface area contributed by atoms with Gasteiger partial charge in [-0.3, -0.25) is 14.5 Å². The van der Waals surface area contributed by atoms with Crippen LogP contribution in [-0.4, -0.2) is 42.3 Å². The van der Waals surface area contributed by atoms with Gasteiger partial charge in [0.05, 0.1) is 0 Å². The molecule has 1 N–H and O–H groups in total. The summed E-state index contributed by atoms with van der Waals surface area (Å²) in [6, 6.07) is 22.4. The lowest BCUT2D eigenvalue weighted by Crippen LogP contribution is -2.45. The average Bonchev–Trinajstić information content (AvgIpc) is 2.86. The number of likely N-dealkylation sites (tertiary alicyclic amines) is 1. The first kappa shape index (κ1) is 24.0. The SMILES string of the molecule is Cc1cc(CN2CCC(NC(=O)COc3ccc(C(=O)c4ccccc4)cc3)CC2)ccc1Cl. The summed E-state index contributed by atoms with van der Waals surface area (Å²) in [6.07, 6.45) is 1.82. The number of carbonyl (C=O) groups excluding carboxylic acids is 2. The van der Waals surface area contributed by atoms with E-state index in [0.29, 0.717) is 16.9 Å². The number of aryl methyl sites for hydroxylation is 1. The predicted molar refractivity (Wildman–Crippen MR) is 134 cm³/mol. The van der Waals surface area contributed by atoms with Gasteiger partial charge in [-0.1, -0.05) is 54.1 Å². The van der Waals surface area contributed by atoms with Crippen LogP contribution in [0.5, 0.6) is 5.75 Å². The molecule has 1 heterocycles. The first-order chi connectivity index (χ1) is 16.5. The number of benzene rings is 3. The molecule has 1 fully saturated rings. The molecule has 1 aliphatic rings. The Morgan fingerprint density at radius 2 is 1.65 bits per heavy atom. The molecule has 0 bridgehead atoms. The van der Waals surface area contributed by atoms with Crippen molar-refractivity contribution in [2.24, 2.45) is 0 Å². The summed E-state index contributed by atoms with van der Waals surface area (Å²) < 4.78 is 5.63. The van der Waals surface area contributed by atoms with Gasteiger partial charge in [0, 0.05) is 41.8 Å². The molecule has 5 nitrogen and oxygen atoms in total. The number of amides is 1. The minimum atomic E-state index is -0.129. The van der Waals surface area contributed by atoms with Gasteiger partial charge in [-0.15, -0.1) is 0 Å². The van der Waals surface area contributed by atoms with Crippen LogP contribution in [0, 0.1) is 6.92 Å². The highest BCUT2D eigenvalue weighted by Crippen LogP contribution is 2.20. The van der Waals surface area contributed by atoms with Gasteiger partial charge in [0.2, 0.25) is 0 Å². The molecule has 1 aliphatic heterocycles. The number of piperidine rings is 1. The summed E-state index contributed by atoms with van der Waals surface area (Å²) in [4.78, 5) is 27.3. The Morgan fingerprint density at radius 3 is 2.32 bits per heavy atom. The number of ether oxygens (including phenoxy) is 1. The maximum atomic E-state index is 12.5. The summed E-state index contributed by atoms with van der Waals surface area (Å²) in [5.74, 6) is 0.395. The van der Waals surface area contributed by atoms with Crippen molar-refractivity contribution < 1.29 is 14.3 Å². The van der Waals surface area contributed by atoms with Crippen LogP contribution in [0.4, 0.5) is 0 Å². The Morgan fingerprint density at radius 1 is 0.971 bits per heavy atom. The van der Waals surface area contributed by atoms with E-state index in [2.05, 4.69) is 22.3 Å². The van der Waals surface area contributed by atoms with Gasteiger partial charge in [0.1, 0.15) is 5.75 Å². The van der Waals surface area contributed by atoms with Crippen LogP contribution in [0.15, 0.2) is 72.8 Å². The number of halogens is 1. The zero-order valence-corrected chi connectivity index (χ0v) is 20.1. The van der Waals surface area contributed by atoms with E-state index >= 15 is 0 Å². The number of rotatable bonds is 8. The molecule has 0 aromatic heterocycles. The maximum Gasteiger partial charge on any atom is 0.258 e. The number of nitrogens with zero attached hydrogens (tertiary/aromatic N) is 1. The largest absolute Gasteiger partial charge is 0.484 e. The van der Waals surface area contributed by atoms with Crippen molar-refractivity contribution >= 4 is 23.3 Å². The van der Waals surface area contributed by atoms with Crippen LogP contribution in [0.2, 0.25) is 5.02 Å². The Labute approximate surface area is 205 Å². The van der Waals surface area contributed by atoms with Crippen LogP contribution in [0.3, 0.4) is 0 Å². The van der Waals surface area contributed by atoms with Gasteiger partial charge >= 0.3 is 0 Å². The van der Waals surface area contributed by atoms with Crippen molar-refractivity contribution in [2.45, 2.75) is 32.4 Å². The molecule has 1 amide bonds. The normalized spacial score (nSPS) is 14.5. The van der Waals surface area contributed by atoms with E-state index in [1.54, 1.807) is 36.4 Å². The maximum absolute atomic E-state index is 12.5. The van der Waals surface area contributed by atoms with Gasteiger partial charge in [-0.05, 0) is 61.2 Å². The van der Waals surface area contributed by atoms with Crippen molar-refractivity contribution in [3.05, 3.63) is 100 Å². The van der Waals surface area contributed by atoms with Crippen LogP contribution in [0.1, 0.15) is 39.9 Å². The highest BCUT2D eigenvalue weighted by Gasteiger charge is 2.21. The second kappa shape index (κ2) is 11.3. The smallest absolute Gasteiger partial charge is 0.258 e. The van der Waals surface area contributed by atoms with E-state index < -0.39 is 0 Å². The Balaban J connectivity index is 1.19. The van der Waals surface area contributed by atoms with E-state index in [-0.39, 0.29) is 24.3 Å². The second-order valence-electron chi connectivity index (χ2n) is 8.71. The lowest BCUT2D eigenvalue weighted by atomic mass is 10.0. The number of hydrogen-bond acceptors (Lipinski definition) is 4. The molecule has 0 atom stereocenters. The average molecular weight is 477 g/mol. The Hall–Kier alpha value is -3.15. The molecule has 0 unspecified atom stereocenters. The third kappa shape index (κ3) is 6.46. The van der Waals surface area contributed by atoms with Gasteiger partial charge in [-0.2, -0.15) is 0 Å². The summed E-state index contributed by atoms with van der Waals surface area (Å²) in [5.41, 5.74) is 3.58. The fraction of sp³-hybridized carbons (Fsp3) is 0.286. The van der Waals surface area contributed by atoms with E-state index in [4.69, 9.17) is 16.3 Å².